The number of rotatable bonds is 4. The van der Waals surface area contributed by atoms with Crippen LogP contribution in [0.3, 0.4) is 0 Å². The average molecular weight is 332 g/mol. The molecule has 0 fully saturated rings. The fourth-order valence-electron chi connectivity index (χ4n) is 1.93. The molecule has 0 saturated carbocycles. The predicted molar refractivity (Wildman–Crippen MR) is 89.6 cm³/mol. The number of imidazole rings is 1. The fourth-order valence-corrected chi connectivity index (χ4v) is 2.45. The molecule has 1 unspecified atom stereocenters. The molecule has 0 aliphatic heterocycles. The highest BCUT2D eigenvalue weighted by Crippen LogP contribution is 2.33. The van der Waals surface area contributed by atoms with Crippen LogP contribution in [-0.4, -0.2) is 9.97 Å². The van der Waals surface area contributed by atoms with Gasteiger partial charge in [0.25, 0.3) is 0 Å². The third-order valence-corrected chi connectivity index (χ3v) is 3.74. The van der Waals surface area contributed by atoms with Gasteiger partial charge < -0.3 is 4.98 Å². The van der Waals surface area contributed by atoms with E-state index >= 15 is 0 Å². The minimum Gasteiger partial charge on any atom is -0.345 e. The molecule has 0 aliphatic rings. The van der Waals surface area contributed by atoms with Gasteiger partial charge in [0.2, 0.25) is 0 Å². The maximum absolute atomic E-state index is 6.31. The average Bonchev–Trinajstić information content (AvgIpc) is 2.89. The van der Waals surface area contributed by atoms with Crippen molar-refractivity contribution in [3.8, 4) is 0 Å². The van der Waals surface area contributed by atoms with E-state index in [0.717, 1.165) is 17.8 Å². The molecule has 1 aromatic carbocycles. The monoisotopic (exact) mass is 330 g/mol. The quantitative estimate of drug-likeness (QED) is 0.762. The molecule has 0 aliphatic carbocycles. The van der Waals surface area contributed by atoms with E-state index in [2.05, 4.69) is 23.8 Å². The van der Waals surface area contributed by atoms with Gasteiger partial charge in [-0.15, -0.1) is 12.4 Å². The smallest absolute Gasteiger partial charge is 0.130 e. The minimum atomic E-state index is 0. The summed E-state index contributed by atoms with van der Waals surface area (Å²) in [5.41, 5.74) is 2.18. The SMILES string of the molecule is CCC(C)/C(=C\c1ncc[nH]1)c1ccc(Cl)cc1Cl.Cl. The molecular formula is C15H17Cl3N2. The summed E-state index contributed by atoms with van der Waals surface area (Å²) in [7, 11) is 0. The van der Waals surface area contributed by atoms with E-state index < -0.39 is 0 Å². The molecule has 2 aromatic rings. The Hall–Kier alpha value is -0.960. The number of H-pyrrole nitrogens is 1. The van der Waals surface area contributed by atoms with E-state index in [0.29, 0.717) is 16.0 Å². The van der Waals surface area contributed by atoms with Crippen molar-refractivity contribution >= 4 is 47.3 Å². The highest BCUT2D eigenvalue weighted by molar-refractivity contribution is 6.35. The Kier molecular flexibility index (Phi) is 6.60. The second-order valence-corrected chi connectivity index (χ2v) is 5.35. The van der Waals surface area contributed by atoms with Crippen LogP contribution in [0.2, 0.25) is 10.0 Å². The third kappa shape index (κ3) is 4.02. The first-order chi connectivity index (χ1) is 9.11. The van der Waals surface area contributed by atoms with Gasteiger partial charge in [-0.05, 0) is 41.7 Å². The third-order valence-electron chi connectivity index (χ3n) is 3.20. The van der Waals surface area contributed by atoms with Crippen molar-refractivity contribution in [2.24, 2.45) is 5.92 Å². The topological polar surface area (TPSA) is 28.7 Å². The first-order valence-electron chi connectivity index (χ1n) is 6.28. The zero-order chi connectivity index (χ0) is 13.8. The molecule has 20 heavy (non-hydrogen) atoms. The number of aromatic nitrogens is 2. The summed E-state index contributed by atoms with van der Waals surface area (Å²) < 4.78 is 0. The standard InChI is InChI=1S/C15H16Cl2N2.ClH/c1-3-10(2)13(9-15-18-6-7-19-15)12-5-4-11(16)8-14(12)17;/h4-10H,3H2,1-2H3,(H,18,19);1H/b13-9+;. The van der Waals surface area contributed by atoms with Crippen molar-refractivity contribution in [3.05, 3.63) is 52.0 Å². The summed E-state index contributed by atoms with van der Waals surface area (Å²) in [5, 5.41) is 1.32. The maximum atomic E-state index is 6.31. The van der Waals surface area contributed by atoms with E-state index in [9.17, 15) is 0 Å². The van der Waals surface area contributed by atoms with Crippen molar-refractivity contribution < 1.29 is 0 Å². The van der Waals surface area contributed by atoms with Crippen LogP contribution in [0.15, 0.2) is 30.6 Å². The van der Waals surface area contributed by atoms with E-state index in [1.807, 2.05) is 24.4 Å². The Morgan fingerprint density at radius 1 is 1.40 bits per heavy atom. The van der Waals surface area contributed by atoms with E-state index in [4.69, 9.17) is 23.2 Å². The number of nitrogens with zero attached hydrogens (tertiary/aromatic N) is 1. The van der Waals surface area contributed by atoms with Gasteiger partial charge in [-0.1, -0.05) is 43.1 Å². The summed E-state index contributed by atoms with van der Waals surface area (Å²) in [6.45, 7) is 4.34. The van der Waals surface area contributed by atoms with Gasteiger partial charge in [-0.25, -0.2) is 4.98 Å². The molecule has 1 N–H and O–H groups in total. The highest BCUT2D eigenvalue weighted by atomic mass is 35.5. The van der Waals surface area contributed by atoms with E-state index in [-0.39, 0.29) is 12.4 Å². The van der Waals surface area contributed by atoms with Crippen molar-refractivity contribution in [1.82, 2.24) is 9.97 Å². The van der Waals surface area contributed by atoms with Gasteiger partial charge in [-0.2, -0.15) is 0 Å². The molecule has 2 rings (SSSR count). The molecule has 108 valence electrons. The molecule has 1 heterocycles. The second kappa shape index (κ2) is 7.72. The molecule has 1 atom stereocenters. The number of hydrogen-bond acceptors (Lipinski definition) is 1. The number of nitrogens with one attached hydrogen (secondary N) is 1. The predicted octanol–water partition coefficient (Wildman–Crippen LogP) is 5.73. The molecule has 0 amide bonds. The van der Waals surface area contributed by atoms with Crippen molar-refractivity contribution in [3.63, 3.8) is 0 Å². The van der Waals surface area contributed by atoms with Gasteiger partial charge in [-0.3, -0.25) is 0 Å². The number of allylic oxidation sites excluding steroid dienone is 1. The lowest BCUT2D eigenvalue weighted by molar-refractivity contribution is 0.720. The molecule has 1 aromatic heterocycles. The van der Waals surface area contributed by atoms with Gasteiger partial charge in [0.15, 0.2) is 0 Å². The van der Waals surface area contributed by atoms with Crippen molar-refractivity contribution in [1.29, 1.82) is 0 Å². The fraction of sp³-hybridized carbons (Fsp3) is 0.267. The van der Waals surface area contributed by atoms with Gasteiger partial charge in [0.05, 0.1) is 0 Å². The van der Waals surface area contributed by atoms with E-state index in [1.54, 1.807) is 12.3 Å². The zero-order valence-corrected chi connectivity index (χ0v) is 13.7. The molecule has 0 bridgehead atoms. The molecule has 0 spiro atoms. The Bertz CT molecular complexity index is 577. The summed E-state index contributed by atoms with van der Waals surface area (Å²) in [6.07, 6.45) is 6.63. The molecule has 2 nitrogen and oxygen atoms in total. The Morgan fingerprint density at radius 3 is 2.70 bits per heavy atom. The number of hydrogen-bond donors (Lipinski definition) is 1. The number of halogens is 3. The Balaban J connectivity index is 0.00000200. The first kappa shape index (κ1) is 17.1. The molecule has 5 heteroatoms. The normalized spacial score (nSPS) is 12.9. The minimum absolute atomic E-state index is 0. The zero-order valence-electron chi connectivity index (χ0n) is 11.4. The summed E-state index contributed by atoms with van der Waals surface area (Å²) in [5.74, 6) is 1.23. The van der Waals surface area contributed by atoms with Crippen molar-refractivity contribution in [2.75, 3.05) is 0 Å². The van der Waals surface area contributed by atoms with Gasteiger partial charge >= 0.3 is 0 Å². The van der Waals surface area contributed by atoms with Crippen LogP contribution >= 0.6 is 35.6 Å². The molecule has 0 saturated heterocycles. The van der Waals surface area contributed by atoms with Crippen LogP contribution < -0.4 is 0 Å². The largest absolute Gasteiger partial charge is 0.345 e. The maximum Gasteiger partial charge on any atom is 0.130 e. The lowest BCUT2D eigenvalue weighted by atomic mass is 9.91. The van der Waals surface area contributed by atoms with Crippen LogP contribution in [-0.2, 0) is 0 Å². The second-order valence-electron chi connectivity index (χ2n) is 4.51. The van der Waals surface area contributed by atoms with Gasteiger partial charge in [0.1, 0.15) is 5.82 Å². The first-order valence-corrected chi connectivity index (χ1v) is 7.03. The lowest BCUT2D eigenvalue weighted by Crippen LogP contribution is -1.98. The van der Waals surface area contributed by atoms with Crippen LogP contribution in [0.25, 0.3) is 11.6 Å². The number of benzene rings is 1. The molecular weight excluding hydrogens is 315 g/mol. The highest BCUT2D eigenvalue weighted by Gasteiger charge is 2.13. The summed E-state index contributed by atoms with van der Waals surface area (Å²) >= 11 is 12.3. The Morgan fingerprint density at radius 2 is 2.15 bits per heavy atom. The molecule has 0 radical (unpaired) electrons. The summed E-state index contributed by atoms with van der Waals surface area (Å²) in [6, 6.07) is 5.60. The van der Waals surface area contributed by atoms with Gasteiger partial charge in [0, 0.05) is 22.4 Å². The van der Waals surface area contributed by atoms with Crippen LogP contribution in [0.5, 0.6) is 0 Å². The van der Waals surface area contributed by atoms with Crippen LogP contribution in [0.4, 0.5) is 0 Å². The lowest BCUT2D eigenvalue weighted by Gasteiger charge is -2.16. The van der Waals surface area contributed by atoms with Crippen molar-refractivity contribution in [2.45, 2.75) is 20.3 Å². The van der Waals surface area contributed by atoms with E-state index in [1.165, 1.54) is 5.57 Å². The number of aromatic amines is 1. The van der Waals surface area contributed by atoms with Crippen LogP contribution in [0, 0.1) is 5.92 Å². The Labute approximate surface area is 135 Å². The van der Waals surface area contributed by atoms with Crippen LogP contribution in [0.1, 0.15) is 31.7 Å². The summed E-state index contributed by atoms with van der Waals surface area (Å²) in [4.78, 5) is 7.33.